The lowest BCUT2D eigenvalue weighted by molar-refractivity contribution is 0.252. The number of benzene rings is 1. The highest BCUT2D eigenvalue weighted by molar-refractivity contribution is 6.30. The van der Waals surface area contributed by atoms with Crippen LogP contribution in [-0.4, -0.2) is 6.04 Å². The number of hydrogen-bond donors (Lipinski definition) is 1. The van der Waals surface area contributed by atoms with Gasteiger partial charge in [0.2, 0.25) is 0 Å². The van der Waals surface area contributed by atoms with Gasteiger partial charge in [0, 0.05) is 11.5 Å². The molecule has 2 N–H and O–H groups in total. The molecular weight excluding hydrogens is 237 g/mol. The Morgan fingerprint density at radius 3 is 2.47 bits per heavy atom. The van der Waals surface area contributed by atoms with Gasteiger partial charge in [0.05, 0.1) is 5.02 Å². The van der Waals surface area contributed by atoms with Crippen LogP contribution in [0.3, 0.4) is 0 Å². The minimum Gasteiger partial charge on any atom is -0.327 e. The summed E-state index contributed by atoms with van der Waals surface area (Å²) in [5.74, 6) is -0.356. The lowest BCUT2D eigenvalue weighted by Gasteiger charge is -2.41. The first kappa shape index (κ1) is 12.8. The van der Waals surface area contributed by atoms with Crippen molar-refractivity contribution in [3.63, 3.8) is 0 Å². The maximum Gasteiger partial charge on any atom is 0.141 e. The van der Waals surface area contributed by atoms with Crippen LogP contribution in [0.4, 0.5) is 4.39 Å². The molecule has 1 aliphatic carbocycles. The summed E-state index contributed by atoms with van der Waals surface area (Å²) in [4.78, 5) is 0. The molecule has 1 aromatic rings. The Hall–Kier alpha value is -0.600. The Labute approximate surface area is 107 Å². The topological polar surface area (TPSA) is 26.0 Å². The lowest BCUT2D eigenvalue weighted by atomic mass is 9.65. The van der Waals surface area contributed by atoms with E-state index >= 15 is 0 Å². The average Bonchev–Trinajstić information content (AvgIpc) is 2.33. The van der Waals surface area contributed by atoms with E-state index in [1.165, 1.54) is 25.3 Å². The predicted molar refractivity (Wildman–Crippen MR) is 69.8 cm³/mol. The van der Waals surface area contributed by atoms with Crippen molar-refractivity contribution in [2.75, 3.05) is 0 Å². The standard InChI is InChI=1S/C14H19ClFN/c1-10(17)14(7-3-2-4-8-14)11-5-6-13(16)12(15)9-11/h5-6,9-10H,2-4,7-8,17H2,1H3. The summed E-state index contributed by atoms with van der Waals surface area (Å²) in [6.45, 7) is 2.04. The van der Waals surface area contributed by atoms with Crippen LogP contribution >= 0.6 is 11.6 Å². The predicted octanol–water partition coefficient (Wildman–Crippen LogP) is 4.03. The van der Waals surface area contributed by atoms with Crippen LogP contribution in [-0.2, 0) is 5.41 Å². The Kier molecular flexibility index (Phi) is 3.74. The Morgan fingerprint density at radius 2 is 1.94 bits per heavy atom. The van der Waals surface area contributed by atoms with Crippen LogP contribution in [0.15, 0.2) is 18.2 Å². The van der Waals surface area contributed by atoms with E-state index in [-0.39, 0.29) is 22.3 Å². The fourth-order valence-corrected chi connectivity index (χ4v) is 3.18. The van der Waals surface area contributed by atoms with Crippen LogP contribution in [0, 0.1) is 5.82 Å². The summed E-state index contributed by atoms with van der Waals surface area (Å²) in [6.07, 6.45) is 5.80. The van der Waals surface area contributed by atoms with Crippen LogP contribution in [0.25, 0.3) is 0 Å². The Balaban J connectivity index is 2.41. The summed E-state index contributed by atoms with van der Waals surface area (Å²) >= 11 is 5.88. The molecule has 0 aromatic heterocycles. The van der Waals surface area contributed by atoms with Crippen LogP contribution < -0.4 is 5.73 Å². The molecule has 17 heavy (non-hydrogen) atoms. The van der Waals surface area contributed by atoms with Crippen LogP contribution in [0.1, 0.15) is 44.6 Å². The second-order valence-electron chi connectivity index (χ2n) is 5.13. The highest BCUT2D eigenvalue weighted by Crippen LogP contribution is 2.42. The number of halogens is 2. The second-order valence-corrected chi connectivity index (χ2v) is 5.54. The molecule has 1 nitrogen and oxygen atoms in total. The molecule has 0 aliphatic heterocycles. The van der Waals surface area contributed by atoms with Crippen molar-refractivity contribution in [1.82, 2.24) is 0 Å². The average molecular weight is 256 g/mol. The molecule has 1 saturated carbocycles. The number of nitrogens with two attached hydrogens (primary N) is 1. The van der Waals surface area contributed by atoms with Crippen molar-refractivity contribution in [3.05, 3.63) is 34.6 Å². The molecule has 94 valence electrons. The fourth-order valence-electron chi connectivity index (χ4n) is 3.00. The van der Waals surface area contributed by atoms with Gasteiger partial charge in [-0.3, -0.25) is 0 Å². The summed E-state index contributed by atoms with van der Waals surface area (Å²) < 4.78 is 13.2. The van der Waals surface area contributed by atoms with Gasteiger partial charge in [-0.25, -0.2) is 4.39 Å². The summed E-state index contributed by atoms with van der Waals surface area (Å²) in [7, 11) is 0. The quantitative estimate of drug-likeness (QED) is 0.848. The molecule has 2 rings (SSSR count). The largest absolute Gasteiger partial charge is 0.327 e. The third kappa shape index (κ3) is 2.34. The zero-order valence-electron chi connectivity index (χ0n) is 10.2. The molecule has 1 atom stereocenters. The first-order chi connectivity index (χ1) is 8.06. The normalized spacial score (nSPS) is 21.2. The van der Waals surface area contributed by atoms with Crippen LogP contribution in [0.5, 0.6) is 0 Å². The van der Waals surface area contributed by atoms with E-state index in [2.05, 4.69) is 0 Å². The molecule has 0 radical (unpaired) electrons. The van der Waals surface area contributed by atoms with E-state index in [1.54, 1.807) is 6.07 Å². The Morgan fingerprint density at radius 1 is 1.29 bits per heavy atom. The molecule has 0 bridgehead atoms. The van der Waals surface area contributed by atoms with Gasteiger partial charge >= 0.3 is 0 Å². The molecule has 0 amide bonds. The molecule has 1 aliphatic rings. The number of rotatable bonds is 2. The van der Waals surface area contributed by atoms with E-state index in [1.807, 2.05) is 13.0 Å². The molecule has 1 fully saturated rings. The summed E-state index contributed by atoms with van der Waals surface area (Å²) in [5.41, 5.74) is 7.26. The number of hydrogen-bond acceptors (Lipinski definition) is 1. The van der Waals surface area contributed by atoms with Crippen molar-refractivity contribution in [3.8, 4) is 0 Å². The highest BCUT2D eigenvalue weighted by Gasteiger charge is 2.37. The van der Waals surface area contributed by atoms with E-state index in [0.717, 1.165) is 18.4 Å². The molecule has 3 heteroatoms. The first-order valence-electron chi connectivity index (χ1n) is 6.27. The molecule has 0 spiro atoms. The highest BCUT2D eigenvalue weighted by atomic mass is 35.5. The molecule has 1 unspecified atom stereocenters. The third-order valence-corrected chi connectivity index (χ3v) is 4.40. The molecule has 0 saturated heterocycles. The second kappa shape index (κ2) is 4.95. The van der Waals surface area contributed by atoms with Gasteiger partial charge in [-0.05, 0) is 37.5 Å². The lowest BCUT2D eigenvalue weighted by Crippen LogP contribution is -2.44. The van der Waals surface area contributed by atoms with Gasteiger partial charge in [-0.2, -0.15) is 0 Å². The van der Waals surface area contributed by atoms with Crippen molar-refractivity contribution < 1.29 is 4.39 Å². The van der Waals surface area contributed by atoms with E-state index in [0.29, 0.717) is 0 Å². The molecule has 0 heterocycles. The first-order valence-corrected chi connectivity index (χ1v) is 6.65. The van der Waals surface area contributed by atoms with E-state index in [4.69, 9.17) is 17.3 Å². The van der Waals surface area contributed by atoms with E-state index in [9.17, 15) is 4.39 Å². The fraction of sp³-hybridized carbons (Fsp3) is 0.571. The summed E-state index contributed by atoms with van der Waals surface area (Å²) in [5, 5.41) is 0.202. The monoisotopic (exact) mass is 255 g/mol. The van der Waals surface area contributed by atoms with Gasteiger partial charge in [0.15, 0.2) is 0 Å². The maximum atomic E-state index is 13.2. The van der Waals surface area contributed by atoms with Gasteiger partial charge in [-0.15, -0.1) is 0 Å². The Bertz CT molecular complexity index is 397. The smallest absolute Gasteiger partial charge is 0.141 e. The zero-order chi connectivity index (χ0) is 12.5. The van der Waals surface area contributed by atoms with Crippen molar-refractivity contribution in [1.29, 1.82) is 0 Å². The van der Waals surface area contributed by atoms with Gasteiger partial charge in [0.1, 0.15) is 5.82 Å². The SMILES string of the molecule is CC(N)C1(c2ccc(F)c(Cl)c2)CCCCC1. The van der Waals surface area contributed by atoms with Gasteiger partial charge < -0.3 is 5.73 Å². The third-order valence-electron chi connectivity index (χ3n) is 4.11. The van der Waals surface area contributed by atoms with E-state index < -0.39 is 0 Å². The minimum atomic E-state index is -0.356. The van der Waals surface area contributed by atoms with Crippen LogP contribution in [0.2, 0.25) is 5.02 Å². The summed E-state index contributed by atoms with van der Waals surface area (Å²) in [6, 6.07) is 5.13. The van der Waals surface area contributed by atoms with Gasteiger partial charge in [0.25, 0.3) is 0 Å². The van der Waals surface area contributed by atoms with Crippen molar-refractivity contribution in [2.24, 2.45) is 5.73 Å². The van der Waals surface area contributed by atoms with Crippen molar-refractivity contribution in [2.45, 2.75) is 50.5 Å². The zero-order valence-corrected chi connectivity index (χ0v) is 10.9. The molecule has 1 aromatic carbocycles. The van der Waals surface area contributed by atoms with Crippen molar-refractivity contribution >= 4 is 11.6 Å². The maximum absolute atomic E-state index is 13.2. The minimum absolute atomic E-state index is 0.0183. The van der Waals surface area contributed by atoms with Gasteiger partial charge in [-0.1, -0.05) is 36.9 Å². The molecular formula is C14H19ClFN.